The number of amides is 2. The third-order valence-corrected chi connectivity index (χ3v) is 3.25. The second-order valence-electron chi connectivity index (χ2n) is 4.93. The molecule has 0 heterocycles. The Kier molecular flexibility index (Phi) is 5.62. The van der Waals surface area contributed by atoms with E-state index in [1.54, 1.807) is 43.3 Å². The number of nitrogens with zero attached hydrogens (tertiary/aromatic N) is 1. The molecule has 0 unspecified atom stereocenters. The number of aldehydes is 1. The predicted octanol–water partition coefficient (Wildman–Crippen LogP) is 2.20. The molecule has 3 N–H and O–H groups in total. The Morgan fingerprint density at radius 3 is 2.33 bits per heavy atom. The summed E-state index contributed by atoms with van der Waals surface area (Å²) in [5.74, 6) is 0.945. The monoisotopic (exact) mass is 330 g/mol. The van der Waals surface area contributed by atoms with Crippen molar-refractivity contribution in [2.75, 3.05) is 18.2 Å². The molecule has 0 spiro atoms. The zero-order valence-corrected chi connectivity index (χ0v) is 13.1. The molecule has 7 heteroatoms. The van der Waals surface area contributed by atoms with Gasteiger partial charge in [0.25, 0.3) is 0 Å². The molecule has 2 rings (SSSR count). The first kappa shape index (κ1) is 17.1. The van der Waals surface area contributed by atoms with Crippen LogP contribution in [0.3, 0.4) is 0 Å². The summed E-state index contributed by atoms with van der Waals surface area (Å²) in [6.07, 6.45) is 0.657. The Bertz CT molecular complexity index is 695. The van der Waals surface area contributed by atoms with Gasteiger partial charge < -0.3 is 20.3 Å². The van der Waals surface area contributed by atoms with E-state index in [1.165, 1.54) is 6.07 Å². The number of nitrogens with two attached hydrogens (primary N) is 1. The highest BCUT2D eigenvalue weighted by molar-refractivity contribution is 5.93. The van der Waals surface area contributed by atoms with Gasteiger partial charge in [0.1, 0.15) is 23.9 Å². The van der Waals surface area contributed by atoms with Crippen molar-refractivity contribution in [3.8, 4) is 17.2 Å². The van der Waals surface area contributed by atoms with Crippen molar-refractivity contribution in [1.29, 1.82) is 0 Å². The summed E-state index contributed by atoms with van der Waals surface area (Å²) in [6.45, 7) is 1.56. The van der Waals surface area contributed by atoms with E-state index in [9.17, 15) is 14.7 Å². The van der Waals surface area contributed by atoms with Crippen LogP contribution in [0.5, 0.6) is 17.2 Å². The lowest BCUT2D eigenvalue weighted by molar-refractivity contribution is -0.109. The highest BCUT2D eigenvalue weighted by Crippen LogP contribution is 2.30. The molecule has 0 radical (unpaired) electrons. The summed E-state index contributed by atoms with van der Waals surface area (Å²) in [5, 5.41) is 9.98. The summed E-state index contributed by atoms with van der Waals surface area (Å²) < 4.78 is 10.7. The summed E-state index contributed by atoms with van der Waals surface area (Å²) in [7, 11) is 0. The number of para-hydroxylation sites is 1. The molecule has 0 saturated heterocycles. The number of ether oxygens (including phenoxy) is 2. The van der Waals surface area contributed by atoms with E-state index in [1.807, 2.05) is 0 Å². The molecule has 24 heavy (non-hydrogen) atoms. The number of aryl methyl sites for hydroxylation is 1. The zero-order valence-electron chi connectivity index (χ0n) is 13.1. The number of aromatic hydroxyl groups is 1. The predicted molar refractivity (Wildman–Crippen MR) is 88.4 cm³/mol. The van der Waals surface area contributed by atoms with Crippen LogP contribution in [0.4, 0.5) is 10.5 Å². The van der Waals surface area contributed by atoms with E-state index in [0.29, 0.717) is 29.0 Å². The van der Waals surface area contributed by atoms with Gasteiger partial charge in [-0.15, -0.1) is 0 Å². The lowest BCUT2D eigenvalue weighted by Crippen LogP contribution is -2.39. The summed E-state index contributed by atoms with van der Waals surface area (Å²) in [5.41, 5.74) is 6.38. The van der Waals surface area contributed by atoms with Crippen LogP contribution < -0.4 is 20.1 Å². The van der Waals surface area contributed by atoms with E-state index in [4.69, 9.17) is 15.2 Å². The number of hydrogen-bond donors (Lipinski definition) is 2. The fraction of sp³-hybridized carbons (Fsp3) is 0.176. The van der Waals surface area contributed by atoms with Gasteiger partial charge in [-0.25, -0.2) is 4.79 Å². The molecule has 2 amide bonds. The van der Waals surface area contributed by atoms with E-state index < -0.39 is 6.03 Å². The topological polar surface area (TPSA) is 102 Å². The maximum absolute atomic E-state index is 11.7. The smallest absolute Gasteiger partial charge is 0.322 e. The number of hydrogen-bond acceptors (Lipinski definition) is 5. The van der Waals surface area contributed by atoms with Gasteiger partial charge in [0.2, 0.25) is 0 Å². The molecule has 7 nitrogen and oxygen atoms in total. The highest BCUT2D eigenvalue weighted by Gasteiger charge is 2.19. The number of phenolic OH excluding ortho intramolecular Hbond substituents is 1. The van der Waals surface area contributed by atoms with Crippen molar-refractivity contribution >= 4 is 18.0 Å². The minimum atomic E-state index is -0.745. The Labute approximate surface area is 139 Å². The van der Waals surface area contributed by atoms with Gasteiger partial charge >= 0.3 is 6.03 Å². The Balaban J connectivity index is 2.09. The number of primary amides is 1. The first-order chi connectivity index (χ1) is 11.5. The van der Waals surface area contributed by atoms with Crippen molar-refractivity contribution in [2.45, 2.75) is 6.92 Å². The molecule has 0 aliphatic heterocycles. The van der Waals surface area contributed by atoms with Crippen LogP contribution in [0, 0.1) is 6.92 Å². The maximum atomic E-state index is 11.7. The second-order valence-corrected chi connectivity index (χ2v) is 4.93. The quantitative estimate of drug-likeness (QED) is 0.598. The summed E-state index contributed by atoms with van der Waals surface area (Å²) >= 11 is 0. The standard InChI is InChI=1S/C17H18N2O5/c1-12-3-2-4-15(21)16(12)19(17(18)22)11-24-14-7-5-13(6-8-14)23-10-9-20/h2-9,21H,10-11H2,1H3,(H2,18,22). The van der Waals surface area contributed by atoms with E-state index in [2.05, 4.69) is 0 Å². The molecule has 0 saturated carbocycles. The molecule has 0 bridgehead atoms. The van der Waals surface area contributed by atoms with E-state index in [0.717, 1.165) is 4.90 Å². The van der Waals surface area contributed by atoms with Crippen molar-refractivity contribution in [2.24, 2.45) is 5.73 Å². The molecule has 0 aromatic heterocycles. The van der Waals surface area contributed by atoms with Crippen LogP contribution in [0.2, 0.25) is 0 Å². The molecule has 0 atom stereocenters. The Morgan fingerprint density at radius 2 is 1.79 bits per heavy atom. The van der Waals surface area contributed by atoms with Gasteiger partial charge in [-0.2, -0.15) is 0 Å². The first-order valence-electron chi connectivity index (χ1n) is 7.17. The van der Waals surface area contributed by atoms with Crippen LogP contribution in [-0.2, 0) is 4.79 Å². The molecule has 0 aliphatic rings. The average molecular weight is 330 g/mol. The lowest BCUT2D eigenvalue weighted by Gasteiger charge is -2.23. The van der Waals surface area contributed by atoms with Gasteiger partial charge in [-0.3, -0.25) is 9.69 Å². The van der Waals surface area contributed by atoms with Gasteiger partial charge in [0.05, 0.1) is 5.69 Å². The SMILES string of the molecule is Cc1cccc(O)c1N(COc1ccc(OCC=O)cc1)C(N)=O. The fourth-order valence-corrected chi connectivity index (χ4v) is 2.13. The third-order valence-electron chi connectivity index (χ3n) is 3.25. The largest absolute Gasteiger partial charge is 0.506 e. The molecular formula is C17H18N2O5. The molecular weight excluding hydrogens is 312 g/mol. The highest BCUT2D eigenvalue weighted by atomic mass is 16.5. The van der Waals surface area contributed by atoms with Gasteiger partial charge in [0.15, 0.2) is 13.0 Å². The number of urea groups is 1. The molecule has 126 valence electrons. The van der Waals surface area contributed by atoms with Crippen molar-refractivity contribution in [1.82, 2.24) is 0 Å². The normalized spacial score (nSPS) is 10.0. The minimum Gasteiger partial charge on any atom is -0.506 e. The van der Waals surface area contributed by atoms with Crippen LogP contribution in [0.15, 0.2) is 42.5 Å². The van der Waals surface area contributed by atoms with Gasteiger partial charge in [0, 0.05) is 0 Å². The first-order valence-corrected chi connectivity index (χ1v) is 7.17. The molecule has 0 fully saturated rings. The van der Waals surface area contributed by atoms with Crippen molar-refractivity contribution in [3.05, 3.63) is 48.0 Å². The summed E-state index contributed by atoms with van der Waals surface area (Å²) in [6, 6.07) is 10.7. The summed E-state index contributed by atoms with van der Waals surface area (Å²) in [4.78, 5) is 23.1. The molecule has 2 aromatic rings. The van der Waals surface area contributed by atoms with E-state index >= 15 is 0 Å². The number of carbonyl (C=O) groups is 2. The van der Waals surface area contributed by atoms with Crippen LogP contribution in [0.1, 0.15) is 5.56 Å². The Morgan fingerprint density at radius 1 is 1.17 bits per heavy atom. The molecule has 2 aromatic carbocycles. The maximum Gasteiger partial charge on any atom is 0.322 e. The zero-order chi connectivity index (χ0) is 17.5. The number of rotatable bonds is 7. The van der Waals surface area contributed by atoms with Gasteiger partial charge in [-0.05, 0) is 42.8 Å². The second kappa shape index (κ2) is 7.87. The van der Waals surface area contributed by atoms with Crippen molar-refractivity contribution < 1.29 is 24.2 Å². The third kappa shape index (κ3) is 4.16. The van der Waals surface area contributed by atoms with Crippen LogP contribution in [0.25, 0.3) is 0 Å². The number of benzene rings is 2. The van der Waals surface area contributed by atoms with Crippen molar-refractivity contribution in [3.63, 3.8) is 0 Å². The number of anilines is 1. The average Bonchev–Trinajstić information content (AvgIpc) is 2.56. The van der Waals surface area contributed by atoms with Gasteiger partial charge in [-0.1, -0.05) is 12.1 Å². The number of phenols is 1. The fourth-order valence-electron chi connectivity index (χ4n) is 2.13. The van der Waals surface area contributed by atoms with E-state index in [-0.39, 0.29) is 19.1 Å². The minimum absolute atomic E-state index is 0.0256. The lowest BCUT2D eigenvalue weighted by atomic mass is 10.1. The molecule has 0 aliphatic carbocycles. The number of carbonyl (C=O) groups excluding carboxylic acids is 2. The van der Waals surface area contributed by atoms with Crippen LogP contribution >= 0.6 is 0 Å². The van der Waals surface area contributed by atoms with Crippen LogP contribution in [-0.4, -0.2) is 30.8 Å². The Hall–Kier alpha value is -3.22.